The summed E-state index contributed by atoms with van der Waals surface area (Å²) in [6.45, 7) is 4.70. The van der Waals surface area contributed by atoms with Crippen LogP contribution in [0.15, 0.2) is 46.5 Å². The lowest BCUT2D eigenvalue weighted by Gasteiger charge is -2.09. The average molecular weight is 480 g/mol. The van der Waals surface area contributed by atoms with Gasteiger partial charge in [-0.1, -0.05) is 42.2 Å². The lowest BCUT2D eigenvalue weighted by atomic mass is 10.1. The molecule has 0 bridgehead atoms. The summed E-state index contributed by atoms with van der Waals surface area (Å²) in [6, 6.07) is 10.5. The van der Waals surface area contributed by atoms with E-state index in [4.69, 9.17) is 44.2 Å². The molecule has 0 saturated carbocycles. The molecular formula is C22H27Cl2N5O3. The molecule has 0 radical (unpaired) electrons. The van der Waals surface area contributed by atoms with Crippen molar-refractivity contribution >= 4 is 46.5 Å². The molecule has 0 fully saturated rings. The number of amides is 1. The maximum atomic E-state index is 12.5. The standard InChI is InChI=1S/C22H27Cl2N5O3/c1-13(2)12-32-29-19(15-4-6-16(31-3)7-5-15)10-20(30)28-22(26)27-11-14-8-17(23)21(25)18(24)9-14/h4-9,13H,10-12,25H2,1-3H3,(H3,26,27,28,30). The Morgan fingerprint density at radius 1 is 1.16 bits per heavy atom. The fourth-order valence-corrected chi connectivity index (χ4v) is 3.06. The number of ether oxygens (including phenoxy) is 1. The molecule has 0 aromatic heterocycles. The van der Waals surface area contributed by atoms with Crippen molar-refractivity contribution in [3.05, 3.63) is 57.6 Å². The van der Waals surface area contributed by atoms with Gasteiger partial charge in [0.2, 0.25) is 0 Å². The number of guanidine groups is 1. The molecule has 8 nitrogen and oxygen atoms in total. The number of nitrogen functional groups attached to an aromatic ring is 1. The largest absolute Gasteiger partial charge is 0.497 e. The summed E-state index contributed by atoms with van der Waals surface area (Å²) < 4.78 is 5.17. The first-order valence-electron chi connectivity index (χ1n) is 9.87. The van der Waals surface area contributed by atoms with Gasteiger partial charge in [0.15, 0.2) is 5.96 Å². The Hall–Kier alpha value is -2.97. The van der Waals surface area contributed by atoms with E-state index in [1.807, 2.05) is 13.8 Å². The van der Waals surface area contributed by atoms with Crippen LogP contribution in [0.5, 0.6) is 5.75 Å². The fraction of sp³-hybridized carbons (Fsp3) is 0.318. The van der Waals surface area contributed by atoms with Crippen LogP contribution in [0.25, 0.3) is 0 Å². The van der Waals surface area contributed by atoms with Gasteiger partial charge in [-0.05, 0) is 47.9 Å². The topological polar surface area (TPSA) is 124 Å². The van der Waals surface area contributed by atoms with Crippen molar-refractivity contribution in [3.8, 4) is 5.75 Å². The van der Waals surface area contributed by atoms with Crippen LogP contribution in [0.3, 0.4) is 0 Å². The number of nitrogens with zero attached hydrogens (tertiary/aromatic N) is 2. The molecule has 2 rings (SSSR count). The molecule has 0 aliphatic heterocycles. The van der Waals surface area contributed by atoms with E-state index in [1.54, 1.807) is 43.5 Å². The number of anilines is 1. The molecule has 0 unspecified atom stereocenters. The minimum atomic E-state index is -0.480. The average Bonchev–Trinajstić information content (AvgIpc) is 2.75. The van der Waals surface area contributed by atoms with E-state index in [-0.39, 0.29) is 18.9 Å². The van der Waals surface area contributed by atoms with Crippen LogP contribution in [0.2, 0.25) is 10.0 Å². The molecule has 1 amide bonds. The minimum absolute atomic E-state index is 0.0451. The first-order valence-corrected chi connectivity index (χ1v) is 10.6. The highest BCUT2D eigenvalue weighted by atomic mass is 35.5. The van der Waals surface area contributed by atoms with Crippen molar-refractivity contribution in [2.45, 2.75) is 26.8 Å². The van der Waals surface area contributed by atoms with Gasteiger partial charge in [-0.25, -0.2) is 0 Å². The maximum Gasteiger partial charge on any atom is 0.255 e. The Labute approximate surface area is 197 Å². The third-order valence-corrected chi connectivity index (χ3v) is 4.81. The first-order chi connectivity index (χ1) is 15.2. The van der Waals surface area contributed by atoms with Gasteiger partial charge in [-0.15, -0.1) is 0 Å². The number of rotatable bonds is 9. The first kappa shape index (κ1) is 25.3. The highest BCUT2D eigenvalue weighted by Gasteiger charge is 2.12. The number of carbonyl (C=O) groups is 1. The highest BCUT2D eigenvalue weighted by Crippen LogP contribution is 2.28. The van der Waals surface area contributed by atoms with Gasteiger partial charge < -0.3 is 26.4 Å². The number of benzene rings is 2. The monoisotopic (exact) mass is 479 g/mol. The van der Waals surface area contributed by atoms with Gasteiger partial charge in [0.25, 0.3) is 5.91 Å². The van der Waals surface area contributed by atoms with Crippen molar-refractivity contribution in [2.24, 2.45) is 21.8 Å². The smallest absolute Gasteiger partial charge is 0.255 e. The van der Waals surface area contributed by atoms with Gasteiger partial charge >= 0.3 is 0 Å². The van der Waals surface area contributed by atoms with E-state index < -0.39 is 5.91 Å². The second-order valence-corrected chi connectivity index (χ2v) is 8.16. The van der Waals surface area contributed by atoms with Gasteiger partial charge in [0.1, 0.15) is 12.4 Å². The SMILES string of the molecule is COc1ccc(C(CC(=O)/N=C(\N)NCc2cc(Cl)c(N)c(Cl)c2)=NOCC(C)C)cc1. The number of hydrogen-bond acceptors (Lipinski definition) is 5. The molecule has 32 heavy (non-hydrogen) atoms. The summed E-state index contributed by atoms with van der Waals surface area (Å²) in [5.41, 5.74) is 13.8. The Bertz CT molecular complexity index is 969. The highest BCUT2D eigenvalue weighted by molar-refractivity contribution is 6.38. The predicted octanol–water partition coefficient (Wildman–Crippen LogP) is 3.98. The van der Waals surface area contributed by atoms with Crippen LogP contribution < -0.4 is 21.5 Å². The normalized spacial score (nSPS) is 12.1. The Kier molecular flexibility index (Phi) is 9.61. The fourth-order valence-electron chi connectivity index (χ4n) is 2.52. The summed E-state index contributed by atoms with van der Waals surface area (Å²) in [7, 11) is 1.58. The lowest BCUT2D eigenvalue weighted by Crippen LogP contribution is -2.32. The number of nitrogens with one attached hydrogen (secondary N) is 1. The summed E-state index contributed by atoms with van der Waals surface area (Å²) in [6.07, 6.45) is -0.0909. The third kappa shape index (κ3) is 7.94. The Balaban J connectivity index is 2.07. The van der Waals surface area contributed by atoms with Crippen molar-refractivity contribution in [1.29, 1.82) is 0 Å². The second-order valence-electron chi connectivity index (χ2n) is 7.35. The summed E-state index contributed by atoms with van der Waals surface area (Å²) in [5, 5.41) is 7.66. The van der Waals surface area contributed by atoms with Crippen molar-refractivity contribution in [3.63, 3.8) is 0 Å². The zero-order valence-electron chi connectivity index (χ0n) is 18.2. The quantitative estimate of drug-likeness (QED) is 0.216. The van der Waals surface area contributed by atoms with E-state index in [0.717, 1.165) is 11.1 Å². The number of carbonyl (C=O) groups excluding carboxylic acids is 1. The van der Waals surface area contributed by atoms with Crippen LogP contribution in [0.1, 0.15) is 31.4 Å². The number of methoxy groups -OCH3 is 1. The molecule has 0 heterocycles. The number of halogens is 2. The zero-order valence-corrected chi connectivity index (χ0v) is 19.7. The summed E-state index contributed by atoms with van der Waals surface area (Å²) >= 11 is 12.1. The van der Waals surface area contributed by atoms with E-state index in [1.165, 1.54) is 0 Å². The van der Waals surface area contributed by atoms with Gasteiger partial charge in [-0.2, -0.15) is 4.99 Å². The molecule has 2 aromatic carbocycles. The van der Waals surface area contributed by atoms with Gasteiger partial charge in [-0.3, -0.25) is 4.79 Å². The third-order valence-electron chi connectivity index (χ3n) is 4.18. The van der Waals surface area contributed by atoms with Crippen LogP contribution in [0.4, 0.5) is 5.69 Å². The Morgan fingerprint density at radius 2 is 1.78 bits per heavy atom. The number of hydrogen-bond donors (Lipinski definition) is 3. The van der Waals surface area contributed by atoms with E-state index in [0.29, 0.717) is 39.7 Å². The molecule has 2 aromatic rings. The minimum Gasteiger partial charge on any atom is -0.497 e. The van der Waals surface area contributed by atoms with Crippen molar-refractivity contribution in [2.75, 3.05) is 19.5 Å². The molecule has 5 N–H and O–H groups in total. The molecule has 172 valence electrons. The van der Waals surface area contributed by atoms with Crippen LogP contribution >= 0.6 is 23.2 Å². The van der Waals surface area contributed by atoms with Crippen LogP contribution in [0, 0.1) is 5.92 Å². The molecule has 0 aliphatic carbocycles. The van der Waals surface area contributed by atoms with Crippen LogP contribution in [-0.4, -0.2) is 31.3 Å². The Morgan fingerprint density at radius 3 is 2.34 bits per heavy atom. The van der Waals surface area contributed by atoms with Gasteiger partial charge in [0.05, 0.1) is 35.0 Å². The van der Waals surface area contributed by atoms with Crippen molar-refractivity contribution in [1.82, 2.24) is 5.32 Å². The molecule has 0 atom stereocenters. The van der Waals surface area contributed by atoms with E-state index in [2.05, 4.69) is 15.5 Å². The predicted molar refractivity (Wildman–Crippen MR) is 129 cm³/mol. The molecule has 0 saturated heterocycles. The molecule has 0 aliphatic rings. The molecular weight excluding hydrogens is 453 g/mol. The van der Waals surface area contributed by atoms with Crippen LogP contribution in [-0.2, 0) is 16.2 Å². The lowest BCUT2D eigenvalue weighted by molar-refractivity contribution is -0.116. The number of oxime groups is 1. The molecule has 0 spiro atoms. The van der Waals surface area contributed by atoms with E-state index in [9.17, 15) is 4.79 Å². The maximum absolute atomic E-state index is 12.5. The number of nitrogens with two attached hydrogens (primary N) is 2. The summed E-state index contributed by atoms with van der Waals surface area (Å²) in [4.78, 5) is 21.8. The molecule has 10 heteroatoms. The van der Waals surface area contributed by atoms with E-state index >= 15 is 0 Å². The number of aliphatic imine (C=N–C) groups is 1. The zero-order chi connectivity index (χ0) is 23.7. The second kappa shape index (κ2) is 12.2. The summed E-state index contributed by atoms with van der Waals surface area (Å²) in [5.74, 6) is 0.457. The van der Waals surface area contributed by atoms with Crippen molar-refractivity contribution < 1.29 is 14.4 Å². The van der Waals surface area contributed by atoms with Gasteiger partial charge in [0, 0.05) is 12.1 Å².